The number of aromatic nitrogens is 3. The molecule has 1 aromatic carbocycles. The van der Waals surface area contributed by atoms with Gasteiger partial charge in [0.2, 0.25) is 5.91 Å². The summed E-state index contributed by atoms with van der Waals surface area (Å²) < 4.78 is 8.17. The minimum Gasteiger partial charge on any atom is -0.378 e. The van der Waals surface area contributed by atoms with Crippen LogP contribution in [0.5, 0.6) is 0 Å². The van der Waals surface area contributed by atoms with Crippen molar-refractivity contribution in [3.8, 4) is 5.82 Å². The Morgan fingerprint density at radius 1 is 1.20 bits per heavy atom. The van der Waals surface area contributed by atoms with Crippen LogP contribution in [0.3, 0.4) is 0 Å². The van der Waals surface area contributed by atoms with Gasteiger partial charge in [0.25, 0.3) is 0 Å². The number of morpholine rings is 1. The number of fused-ring (bicyclic) bond motifs is 1. The van der Waals surface area contributed by atoms with Crippen LogP contribution in [-0.2, 0) is 16.0 Å². The smallest absolute Gasteiger partial charge is 0.227 e. The Kier molecular flexibility index (Phi) is 4.67. The first kappa shape index (κ1) is 16.5. The van der Waals surface area contributed by atoms with Crippen LogP contribution >= 0.6 is 22.6 Å². The quantitative estimate of drug-likeness (QED) is 0.578. The molecule has 0 saturated carbocycles. The highest BCUT2D eigenvalue weighted by molar-refractivity contribution is 14.1. The summed E-state index contributed by atoms with van der Waals surface area (Å²) in [4.78, 5) is 23.3. The lowest BCUT2D eigenvalue weighted by Crippen LogP contribution is -2.41. The maximum Gasteiger partial charge on any atom is 0.227 e. The Hall–Kier alpha value is -2.00. The van der Waals surface area contributed by atoms with E-state index >= 15 is 0 Å². The SMILES string of the molecule is O=C(Cc1cn(-c2cncc(I)n2)c2ccccc12)N1CCOCC1. The molecule has 0 radical (unpaired) electrons. The topological polar surface area (TPSA) is 60.2 Å². The molecule has 1 fully saturated rings. The van der Waals surface area contributed by atoms with Crippen LogP contribution in [0.25, 0.3) is 16.7 Å². The van der Waals surface area contributed by atoms with Gasteiger partial charge in [0, 0.05) is 24.7 Å². The van der Waals surface area contributed by atoms with Crippen molar-refractivity contribution in [2.75, 3.05) is 26.3 Å². The summed E-state index contributed by atoms with van der Waals surface area (Å²) in [5.41, 5.74) is 2.04. The predicted octanol–water partition coefficient (Wildman–Crippen LogP) is 2.43. The third-order valence-electron chi connectivity index (χ3n) is 4.34. The summed E-state index contributed by atoms with van der Waals surface area (Å²) in [6.45, 7) is 2.57. The molecule has 25 heavy (non-hydrogen) atoms. The second-order valence-corrected chi connectivity index (χ2v) is 7.02. The molecular weight excluding hydrogens is 431 g/mol. The van der Waals surface area contributed by atoms with E-state index in [1.807, 2.05) is 33.9 Å². The number of carbonyl (C=O) groups is 1. The number of hydrogen-bond donors (Lipinski definition) is 0. The van der Waals surface area contributed by atoms with Crippen molar-refractivity contribution < 1.29 is 9.53 Å². The van der Waals surface area contributed by atoms with Crippen LogP contribution in [0.2, 0.25) is 0 Å². The van der Waals surface area contributed by atoms with Crippen LogP contribution < -0.4 is 0 Å². The molecule has 128 valence electrons. The number of halogens is 1. The van der Waals surface area contributed by atoms with E-state index in [0.717, 1.165) is 26.0 Å². The first-order valence-electron chi connectivity index (χ1n) is 8.15. The molecule has 6 nitrogen and oxygen atoms in total. The van der Waals surface area contributed by atoms with E-state index in [1.165, 1.54) is 0 Å². The van der Waals surface area contributed by atoms with Gasteiger partial charge in [-0.05, 0) is 34.2 Å². The van der Waals surface area contributed by atoms with Crippen molar-refractivity contribution in [2.24, 2.45) is 0 Å². The Labute approximate surface area is 159 Å². The molecule has 0 aliphatic carbocycles. The average molecular weight is 448 g/mol. The van der Waals surface area contributed by atoms with Crippen molar-refractivity contribution in [3.63, 3.8) is 0 Å². The van der Waals surface area contributed by atoms with Crippen molar-refractivity contribution >= 4 is 39.4 Å². The van der Waals surface area contributed by atoms with E-state index in [0.29, 0.717) is 32.7 Å². The number of para-hydroxylation sites is 1. The van der Waals surface area contributed by atoms with Crippen LogP contribution in [0.4, 0.5) is 0 Å². The molecule has 4 rings (SSSR count). The lowest BCUT2D eigenvalue weighted by atomic mass is 10.1. The number of rotatable bonds is 3. The van der Waals surface area contributed by atoms with Crippen LogP contribution in [0.1, 0.15) is 5.56 Å². The van der Waals surface area contributed by atoms with Crippen molar-refractivity contribution in [2.45, 2.75) is 6.42 Å². The summed E-state index contributed by atoms with van der Waals surface area (Å²) in [6, 6.07) is 8.08. The van der Waals surface area contributed by atoms with Crippen molar-refractivity contribution in [3.05, 3.63) is 52.1 Å². The maximum absolute atomic E-state index is 12.6. The van der Waals surface area contributed by atoms with Gasteiger partial charge < -0.3 is 9.64 Å². The molecule has 1 aliphatic rings. The molecule has 1 amide bonds. The largest absolute Gasteiger partial charge is 0.378 e. The van der Waals surface area contributed by atoms with Gasteiger partial charge in [-0.15, -0.1) is 0 Å². The van der Waals surface area contributed by atoms with Crippen LogP contribution in [0.15, 0.2) is 42.9 Å². The highest BCUT2D eigenvalue weighted by Gasteiger charge is 2.19. The lowest BCUT2D eigenvalue weighted by molar-refractivity contribution is -0.134. The standard InChI is InChI=1S/C18H17IN4O2/c19-16-10-20-11-17(21-16)23-12-13(14-3-1-2-4-15(14)23)9-18(24)22-5-7-25-8-6-22/h1-4,10-12H,5-9H2. The highest BCUT2D eigenvalue weighted by atomic mass is 127. The normalized spacial score (nSPS) is 14.8. The number of hydrogen-bond acceptors (Lipinski definition) is 4. The molecule has 0 unspecified atom stereocenters. The Balaban J connectivity index is 1.71. The van der Waals surface area contributed by atoms with Crippen molar-refractivity contribution in [1.82, 2.24) is 19.4 Å². The van der Waals surface area contributed by atoms with E-state index in [1.54, 1.807) is 12.4 Å². The van der Waals surface area contributed by atoms with Crippen LogP contribution in [0, 0.1) is 3.70 Å². The first-order chi connectivity index (χ1) is 12.2. The van der Waals surface area contributed by atoms with E-state index in [4.69, 9.17) is 4.74 Å². The van der Waals surface area contributed by atoms with E-state index in [2.05, 4.69) is 38.6 Å². The molecule has 1 saturated heterocycles. The van der Waals surface area contributed by atoms with Gasteiger partial charge in [-0.3, -0.25) is 14.3 Å². The molecule has 7 heteroatoms. The number of carbonyl (C=O) groups excluding carboxylic acids is 1. The molecule has 3 aromatic rings. The van der Waals surface area contributed by atoms with E-state index in [-0.39, 0.29) is 5.91 Å². The second-order valence-electron chi connectivity index (χ2n) is 5.91. The Morgan fingerprint density at radius 3 is 2.80 bits per heavy atom. The summed E-state index contributed by atoms with van der Waals surface area (Å²) in [6.07, 6.45) is 5.84. The van der Waals surface area contributed by atoms with Gasteiger partial charge in [0.05, 0.1) is 37.5 Å². The Morgan fingerprint density at radius 2 is 2.00 bits per heavy atom. The number of benzene rings is 1. The van der Waals surface area contributed by atoms with Gasteiger partial charge in [0.1, 0.15) is 3.70 Å². The van der Waals surface area contributed by atoms with Crippen LogP contribution in [-0.4, -0.2) is 51.6 Å². The molecule has 0 N–H and O–H groups in total. The monoisotopic (exact) mass is 448 g/mol. The summed E-state index contributed by atoms with van der Waals surface area (Å²) >= 11 is 2.15. The number of amides is 1. The number of nitrogens with zero attached hydrogens (tertiary/aromatic N) is 4. The van der Waals surface area contributed by atoms with Gasteiger partial charge in [0.15, 0.2) is 5.82 Å². The fraction of sp³-hybridized carbons (Fsp3) is 0.278. The Bertz CT molecular complexity index is 918. The summed E-state index contributed by atoms with van der Waals surface area (Å²) in [7, 11) is 0. The molecular formula is C18H17IN4O2. The van der Waals surface area contributed by atoms with Gasteiger partial charge in [-0.25, -0.2) is 4.98 Å². The third kappa shape index (κ3) is 3.38. The van der Waals surface area contributed by atoms with Gasteiger partial charge in [-0.2, -0.15) is 0 Å². The van der Waals surface area contributed by atoms with Gasteiger partial charge in [-0.1, -0.05) is 18.2 Å². The molecule has 0 spiro atoms. The van der Waals surface area contributed by atoms with Gasteiger partial charge >= 0.3 is 0 Å². The molecule has 2 aromatic heterocycles. The minimum atomic E-state index is 0.139. The molecule has 0 bridgehead atoms. The molecule has 1 aliphatic heterocycles. The third-order valence-corrected chi connectivity index (χ3v) is 4.86. The molecule has 0 atom stereocenters. The fourth-order valence-corrected chi connectivity index (χ4v) is 3.52. The summed E-state index contributed by atoms with van der Waals surface area (Å²) in [5.74, 6) is 0.896. The summed E-state index contributed by atoms with van der Waals surface area (Å²) in [5, 5.41) is 1.07. The molecule has 3 heterocycles. The number of ether oxygens (including phenoxy) is 1. The zero-order chi connectivity index (χ0) is 17.2. The zero-order valence-electron chi connectivity index (χ0n) is 13.6. The fourth-order valence-electron chi connectivity index (χ4n) is 3.12. The minimum absolute atomic E-state index is 0.139. The van der Waals surface area contributed by atoms with E-state index in [9.17, 15) is 4.79 Å². The second kappa shape index (κ2) is 7.09. The maximum atomic E-state index is 12.6. The average Bonchev–Trinajstić information content (AvgIpc) is 3.01. The first-order valence-corrected chi connectivity index (χ1v) is 9.22. The van der Waals surface area contributed by atoms with Crippen molar-refractivity contribution in [1.29, 1.82) is 0 Å². The van der Waals surface area contributed by atoms with E-state index < -0.39 is 0 Å². The predicted molar refractivity (Wildman–Crippen MR) is 103 cm³/mol. The highest BCUT2D eigenvalue weighted by Crippen LogP contribution is 2.25. The lowest BCUT2D eigenvalue weighted by Gasteiger charge is -2.26. The zero-order valence-corrected chi connectivity index (χ0v) is 15.7.